The molecule has 1 aliphatic carbocycles. The quantitative estimate of drug-likeness (QED) is 0.906. The molecular formula is C13H17N5S. The lowest BCUT2D eigenvalue weighted by Gasteiger charge is -2.33. The summed E-state index contributed by atoms with van der Waals surface area (Å²) in [6, 6.07) is 8.50. The Hall–Kier alpha value is -1.40. The Morgan fingerprint density at radius 3 is 2.74 bits per heavy atom. The van der Waals surface area contributed by atoms with E-state index in [1.807, 2.05) is 7.05 Å². The number of aromatic nitrogens is 4. The first-order chi connectivity index (χ1) is 9.16. The van der Waals surface area contributed by atoms with Crippen LogP contribution in [0.15, 0.2) is 29.4 Å². The average molecular weight is 275 g/mol. The third kappa shape index (κ3) is 2.26. The Morgan fingerprint density at radius 1 is 1.32 bits per heavy atom. The number of fused-ring (bicyclic) bond motifs is 1. The Balaban J connectivity index is 1.88. The van der Waals surface area contributed by atoms with Crippen molar-refractivity contribution in [2.45, 2.75) is 35.7 Å². The zero-order valence-electron chi connectivity index (χ0n) is 11.0. The van der Waals surface area contributed by atoms with Gasteiger partial charge in [-0.3, -0.25) is 0 Å². The maximum Gasteiger partial charge on any atom is 0.209 e. The highest BCUT2D eigenvalue weighted by Crippen LogP contribution is 2.42. The summed E-state index contributed by atoms with van der Waals surface area (Å²) in [6.07, 6.45) is 1.05. The minimum absolute atomic E-state index is 0.0362. The number of aryl methyl sites for hydroxylation is 1. The van der Waals surface area contributed by atoms with E-state index >= 15 is 0 Å². The van der Waals surface area contributed by atoms with E-state index in [-0.39, 0.29) is 6.04 Å². The number of tetrazole rings is 1. The molecule has 6 heteroatoms. The van der Waals surface area contributed by atoms with Crippen molar-refractivity contribution in [3.8, 4) is 0 Å². The van der Waals surface area contributed by atoms with Crippen molar-refractivity contribution in [1.29, 1.82) is 0 Å². The van der Waals surface area contributed by atoms with Crippen molar-refractivity contribution < 1.29 is 0 Å². The van der Waals surface area contributed by atoms with Gasteiger partial charge in [-0.2, -0.15) is 0 Å². The number of hydrogen-bond donors (Lipinski definition) is 1. The number of nitrogens with zero attached hydrogens (tertiary/aromatic N) is 4. The summed E-state index contributed by atoms with van der Waals surface area (Å²) in [5.41, 5.74) is 9.06. The van der Waals surface area contributed by atoms with Gasteiger partial charge >= 0.3 is 0 Å². The summed E-state index contributed by atoms with van der Waals surface area (Å²) >= 11 is 1.68. The van der Waals surface area contributed by atoms with E-state index in [1.54, 1.807) is 16.4 Å². The van der Waals surface area contributed by atoms with Gasteiger partial charge in [-0.05, 0) is 33.9 Å². The van der Waals surface area contributed by atoms with E-state index in [0.717, 1.165) is 11.6 Å². The number of thioether (sulfide) groups is 1. The van der Waals surface area contributed by atoms with Gasteiger partial charge in [0.1, 0.15) is 0 Å². The molecule has 0 amide bonds. The van der Waals surface area contributed by atoms with Crippen molar-refractivity contribution >= 4 is 11.8 Å². The Kier molecular flexibility index (Phi) is 3.28. The molecule has 3 unspecified atom stereocenters. The smallest absolute Gasteiger partial charge is 0.209 e. The summed E-state index contributed by atoms with van der Waals surface area (Å²) in [5.74, 6) is 0.523. The Morgan fingerprint density at radius 2 is 2.05 bits per heavy atom. The first-order valence-corrected chi connectivity index (χ1v) is 7.28. The maximum absolute atomic E-state index is 6.42. The lowest BCUT2D eigenvalue weighted by molar-refractivity contribution is 0.525. The molecule has 2 N–H and O–H groups in total. The van der Waals surface area contributed by atoms with Crippen LogP contribution in [0, 0.1) is 0 Å². The van der Waals surface area contributed by atoms with Crippen LogP contribution in [0.2, 0.25) is 0 Å². The lowest BCUT2D eigenvalue weighted by Crippen LogP contribution is -2.31. The predicted octanol–water partition coefficient (Wildman–Crippen LogP) is 1.88. The van der Waals surface area contributed by atoms with E-state index in [1.165, 1.54) is 11.1 Å². The molecule has 0 bridgehead atoms. The molecule has 0 aliphatic heterocycles. The molecule has 0 fully saturated rings. The monoisotopic (exact) mass is 275 g/mol. The second kappa shape index (κ2) is 4.94. The highest BCUT2D eigenvalue weighted by molar-refractivity contribution is 7.99. The number of rotatable bonds is 2. The van der Waals surface area contributed by atoms with E-state index < -0.39 is 0 Å². The molecule has 100 valence electrons. The van der Waals surface area contributed by atoms with Crippen LogP contribution in [0.3, 0.4) is 0 Å². The fourth-order valence-corrected chi connectivity index (χ4v) is 3.89. The second-order valence-electron chi connectivity index (χ2n) is 5.03. The highest BCUT2D eigenvalue weighted by atomic mass is 32.2. The Labute approximate surface area is 116 Å². The average Bonchev–Trinajstić information content (AvgIpc) is 2.81. The van der Waals surface area contributed by atoms with E-state index in [0.29, 0.717) is 11.2 Å². The molecule has 1 aromatic carbocycles. The predicted molar refractivity (Wildman–Crippen MR) is 74.8 cm³/mol. The molecule has 19 heavy (non-hydrogen) atoms. The van der Waals surface area contributed by atoms with Crippen LogP contribution in [0.4, 0.5) is 0 Å². The van der Waals surface area contributed by atoms with Crippen LogP contribution in [0.1, 0.15) is 36.4 Å². The summed E-state index contributed by atoms with van der Waals surface area (Å²) in [4.78, 5) is 0. The van der Waals surface area contributed by atoms with Crippen molar-refractivity contribution in [2.24, 2.45) is 12.8 Å². The number of nitrogens with two attached hydrogens (primary N) is 1. The van der Waals surface area contributed by atoms with Gasteiger partial charge < -0.3 is 5.73 Å². The molecule has 5 nitrogen and oxygen atoms in total. The summed E-state index contributed by atoms with van der Waals surface area (Å²) < 4.78 is 1.70. The molecule has 3 atom stereocenters. The zero-order chi connectivity index (χ0) is 13.4. The highest BCUT2D eigenvalue weighted by Gasteiger charge is 2.32. The van der Waals surface area contributed by atoms with Gasteiger partial charge in [0.15, 0.2) is 0 Å². The Bertz CT molecular complexity index is 582. The van der Waals surface area contributed by atoms with Crippen LogP contribution in [0.25, 0.3) is 0 Å². The summed E-state index contributed by atoms with van der Waals surface area (Å²) in [5, 5.41) is 12.7. The molecule has 0 spiro atoms. The van der Waals surface area contributed by atoms with Crippen LogP contribution in [-0.2, 0) is 7.05 Å². The molecule has 1 heterocycles. The fourth-order valence-electron chi connectivity index (χ4n) is 2.66. The van der Waals surface area contributed by atoms with Crippen molar-refractivity contribution in [2.75, 3.05) is 0 Å². The van der Waals surface area contributed by atoms with Crippen molar-refractivity contribution in [1.82, 2.24) is 20.2 Å². The molecular weight excluding hydrogens is 258 g/mol. The summed E-state index contributed by atoms with van der Waals surface area (Å²) in [7, 11) is 1.86. The first kappa shape index (κ1) is 12.6. The van der Waals surface area contributed by atoms with Crippen LogP contribution >= 0.6 is 11.8 Å². The van der Waals surface area contributed by atoms with Gasteiger partial charge in [-0.1, -0.05) is 43.0 Å². The van der Waals surface area contributed by atoms with Crippen LogP contribution < -0.4 is 5.73 Å². The van der Waals surface area contributed by atoms with Gasteiger partial charge in [-0.25, -0.2) is 4.68 Å². The van der Waals surface area contributed by atoms with Gasteiger partial charge in [0.2, 0.25) is 5.16 Å². The zero-order valence-corrected chi connectivity index (χ0v) is 11.8. The van der Waals surface area contributed by atoms with Gasteiger partial charge in [0, 0.05) is 18.3 Å². The SMILES string of the molecule is CC1CC(Sc2nnnn2C)C(N)c2ccccc21. The molecule has 1 aliphatic rings. The topological polar surface area (TPSA) is 69.6 Å². The summed E-state index contributed by atoms with van der Waals surface area (Å²) in [6.45, 7) is 2.26. The largest absolute Gasteiger partial charge is 0.323 e. The van der Waals surface area contributed by atoms with Crippen LogP contribution in [0.5, 0.6) is 0 Å². The maximum atomic E-state index is 6.42. The van der Waals surface area contributed by atoms with Gasteiger partial charge in [0.25, 0.3) is 0 Å². The second-order valence-corrected chi connectivity index (χ2v) is 6.24. The standard InChI is InChI=1S/C13H17N5S/c1-8-7-11(19-13-15-16-17-18(13)2)12(14)10-6-4-3-5-9(8)10/h3-6,8,11-12H,7,14H2,1-2H3. The molecule has 0 saturated carbocycles. The van der Waals surface area contributed by atoms with Gasteiger partial charge in [0.05, 0.1) is 0 Å². The van der Waals surface area contributed by atoms with E-state index in [2.05, 4.69) is 46.7 Å². The van der Waals surface area contributed by atoms with E-state index in [4.69, 9.17) is 5.73 Å². The molecule has 0 saturated heterocycles. The van der Waals surface area contributed by atoms with Crippen molar-refractivity contribution in [3.05, 3.63) is 35.4 Å². The lowest BCUT2D eigenvalue weighted by atomic mass is 9.81. The molecule has 3 rings (SSSR count). The molecule has 0 radical (unpaired) electrons. The number of hydrogen-bond acceptors (Lipinski definition) is 5. The molecule has 2 aromatic rings. The van der Waals surface area contributed by atoms with Crippen molar-refractivity contribution in [3.63, 3.8) is 0 Å². The third-order valence-corrected chi connectivity index (χ3v) is 5.06. The minimum Gasteiger partial charge on any atom is -0.323 e. The van der Waals surface area contributed by atoms with Gasteiger partial charge in [-0.15, -0.1) is 5.10 Å². The number of benzene rings is 1. The first-order valence-electron chi connectivity index (χ1n) is 6.40. The normalized spacial score (nSPS) is 26.2. The fraction of sp³-hybridized carbons (Fsp3) is 0.462. The van der Waals surface area contributed by atoms with E-state index in [9.17, 15) is 0 Å². The minimum atomic E-state index is 0.0362. The van der Waals surface area contributed by atoms with Crippen LogP contribution in [-0.4, -0.2) is 25.5 Å². The molecule has 1 aromatic heterocycles. The third-order valence-electron chi connectivity index (χ3n) is 3.71.